The predicted molar refractivity (Wildman–Crippen MR) is 225 cm³/mol. The normalized spacial score (nSPS) is 29.5. The first-order valence-corrected chi connectivity index (χ1v) is 23.4. The number of nitrogens with one attached hydrogen (secondary N) is 1. The molecule has 0 unspecified atom stereocenters. The van der Waals surface area contributed by atoms with Gasteiger partial charge in [-0.1, -0.05) is 89.7 Å². The van der Waals surface area contributed by atoms with Crippen LogP contribution in [0.2, 0.25) is 0 Å². The van der Waals surface area contributed by atoms with Gasteiger partial charge in [-0.25, -0.2) is 4.99 Å². The quantitative estimate of drug-likeness (QED) is 0.0454. The number of carbonyl (C=O) groups is 2. The van der Waals surface area contributed by atoms with Gasteiger partial charge in [0.2, 0.25) is 5.91 Å². The number of hydrogen-bond acceptors (Lipinski definition) is 10. The Morgan fingerprint density at radius 1 is 0.857 bits per heavy atom. The van der Waals surface area contributed by atoms with Gasteiger partial charge in [0, 0.05) is 32.0 Å². The average Bonchev–Trinajstić information content (AvgIpc) is 3.78. The van der Waals surface area contributed by atoms with E-state index in [2.05, 4.69) is 36.2 Å². The summed E-state index contributed by atoms with van der Waals surface area (Å²) in [7, 11) is 0. The maximum Gasteiger partial charge on any atom is 0.316 e. The molecule has 11 heteroatoms. The minimum absolute atomic E-state index is 0.0443. The lowest BCUT2D eigenvalue weighted by Gasteiger charge is -2.54. The molecular formula is C45H80N6O5. The Balaban J connectivity index is 0.938. The van der Waals surface area contributed by atoms with Gasteiger partial charge in [0.05, 0.1) is 24.9 Å². The van der Waals surface area contributed by atoms with Crippen molar-refractivity contribution in [3.8, 4) is 0 Å². The summed E-state index contributed by atoms with van der Waals surface area (Å²) in [5.41, 5.74) is 10.0. The fourth-order valence-corrected chi connectivity index (χ4v) is 10.1. The zero-order chi connectivity index (χ0) is 39.6. The van der Waals surface area contributed by atoms with Crippen LogP contribution in [0.4, 0.5) is 0 Å². The molecule has 5 aliphatic rings. The SMILES string of the molecule is CC/C=C/[C@@H]1CC[C@]2(C[C@H]3CC[C@H]4[C@@H](C(=O)OCCCCCCCCCCCCCCCC(=O)N(CCCN)CCCCN)[C@@]5(CCC[C@H](C)O5)N=C(N2)N34)O1. The van der Waals surface area contributed by atoms with Crippen LogP contribution < -0.4 is 16.8 Å². The minimum Gasteiger partial charge on any atom is -0.465 e. The van der Waals surface area contributed by atoms with Crippen LogP contribution in [0, 0.1) is 5.92 Å². The zero-order valence-corrected chi connectivity index (χ0v) is 35.5. The summed E-state index contributed by atoms with van der Waals surface area (Å²) < 4.78 is 19.5. The van der Waals surface area contributed by atoms with Gasteiger partial charge in [-0.2, -0.15) is 0 Å². The number of nitrogens with zero attached hydrogens (tertiary/aromatic N) is 3. The van der Waals surface area contributed by atoms with Gasteiger partial charge in [0.25, 0.3) is 0 Å². The van der Waals surface area contributed by atoms with Crippen LogP contribution in [0.15, 0.2) is 17.1 Å². The van der Waals surface area contributed by atoms with Gasteiger partial charge in [0.1, 0.15) is 11.6 Å². The molecule has 5 rings (SSSR count). The van der Waals surface area contributed by atoms with Crippen molar-refractivity contribution in [1.29, 1.82) is 0 Å². The van der Waals surface area contributed by atoms with Crippen molar-refractivity contribution < 1.29 is 23.8 Å². The number of ether oxygens (including phenoxy) is 3. The van der Waals surface area contributed by atoms with Crippen LogP contribution in [-0.4, -0.2) is 96.2 Å². The lowest BCUT2D eigenvalue weighted by molar-refractivity contribution is -0.193. The van der Waals surface area contributed by atoms with Gasteiger partial charge in [0.15, 0.2) is 11.7 Å². The van der Waals surface area contributed by atoms with E-state index in [1.165, 1.54) is 57.8 Å². The molecule has 5 N–H and O–H groups in total. The van der Waals surface area contributed by atoms with Crippen LogP contribution in [0.1, 0.15) is 181 Å². The van der Waals surface area contributed by atoms with Crippen LogP contribution in [0.5, 0.6) is 0 Å². The summed E-state index contributed by atoms with van der Waals surface area (Å²) in [6, 6.07) is 0.361. The van der Waals surface area contributed by atoms with E-state index >= 15 is 0 Å². The number of guanidine groups is 1. The first-order valence-electron chi connectivity index (χ1n) is 23.4. The van der Waals surface area contributed by atoms with Crippen LogP contribution in [-0.2, 0) is 23.8 Å². The van der Waals surface area contributed by atoms with E-state index in [1.54, 1.807) is 0 Å². The second-order valence-electron chi connectivity index (χ2n) is 17.7. The maximum atomic E-state index is 14.0. The fraction of sp³-hybridized carbons (Fsp3) is 0.889. The van der Waals surface area contributed by atoms with E-state index in [0.717, 1.165) is 122 Å². The molecule has 7 atom stereocenters. The second-order valence-corrected chi connectivity index (χ2v) is 17.7. The number of unbranched alkanes of at least 4 members (excludes halogenated alkanes) is 13. The molecule has 0 aromatic heterocycles. The third kappa shape index (κ3) is 12.6. The molecule has 11 nitrogen and oxygen atoms in total. The van der Waals surface area contributed by atoms with Crippen molar-refractivity contribution in [2.45, 2.75) is 217 Å². The number of allylic oxidation sites excluding steroid dienone is 1. The molecule has 4 fully saturated rings. The molecule has 0 bridgehead atoms. The van der Waals surface area contributed by atoms with E-state index in [4.69, 9.17) is 30.7 Å². The molecule has 4 saturated heterocycles. The Hall–Kier alpha value is -2.21. The van der Waals surface area contributed by atoms with Crippen molar-refractivity contribution in [1.82, 2.24) is 15.1 Å². The highest BCUT2D eigenvalue weighted by Crippen LogP contribution is 2.50. The van der Waals surface area contributed by atoms with Crippen molar-refractivity contribution in [3.05, 3.63) is 12.2 Å². The number of carbonyl (C=O) groups excluding carboxylic acids is 2. The van der Waals surface area contributed by atoms with Crippen LogP contribution in [0.25, 0.3) is 0 Å². The van der Waals surface area contributed by atoms with E-state index in [-0.39, 0.29) is 30.1 Å². The third-order valence-electron chi connectivity index (χ3n) is 13.1. The molecule has 2 spiro atoms. The Bertz CT molecular complexity index is 1250. The highest BCUT2D eigenvalue weighted by molar-refractivity contribution is 5.87. The standard InChI is InChI=1S/C45H80N6O5/c1-3-4-23-38-27-29-44(56-38)35-37-25-26-39-41(45(28-20-22-36(2)55-45)49-43(48-44)51(37)39)42(53)54-34-19-15-13-11-9-7-5-6-8-10-12-14-16-24-40(52)50(33-21-31-47)32-18-17-30-46/h4,23,36-39,41H,3,5-22,24-35,46-47H2,1-2H3,(H,48,49)/b23-4+/t36-,37+,38+,39-,41-,44+,45-/m0/s1. The number of rotatable bonds is 26. The Morgan fingerprint density at radius 3 is 2.21 bits per heavy atom. The first kappa shape index (κ1) is 44.9. The highest BCUT2D eigenvalue weighted by atomic mass is 16.6. The molecule has 0 aliphatic carbocycles. The molecule has 320 valence electrons. The van der Waals surface area contributed by atoms with Crippen molar-refractivity contribution in [2.24, 2.45) is 22.4 Å². The maximum absolute atomic E-state index is 14.0. The summed E-state index contributed by atoms with van der Waals surface area (Å²) in [6.45, 7) is 7.66. The lowest BCUT2D eigenvalue weighted by atomic mass is 9.80. The van der Waals surface area contributed by atoms with Gasteiger partial charge in [-0.15, -0.1) is 0 Å². The van der Waals surface area contributed by atoms with Gasteiger partial charge >= 0.3 is 5.97 Å². The van der Waals surface area contributed by atoms with Gasteiger partial charge < -0.3 is 40.8 Å². The molecule has 5 heterocycles. The monoisotopic (exact) mass is 785 g/mol. The number of amides is 1. The highest BCUT2D eigenvalue weighted by Gasteiger charge is 2.62. The number of hydrogen-bond donors (Lipinski definition) is 3. The Kier molecular flexibility index (Phi) is 18.8. The van der Waals surface area contributed by atoms with E-state index in [0.29, 0.717) is 32.2 Å². The molecule has 56 heavy (non-hydrogen) atoms. The van der Waals surface area contributed by atoms with E-state index in [9.17, 15) is 9.59 Å². The molecule has 0 saturated carbocycles. The molecule has 1 amide bonds. The lowest BCUT2D eigenvalue weighted by Crippen LogP contribution is -2.70. The first-order chi connectivity index (χ1) is 27.3. The fourth-order valence-electron chi connectivity index (χ4n) is 10.1. The van der Waals surface area contributed by atoms with Crippen molar-refractivity contribution in [2.75, 3.05) is 32.8 Å². The van der Waals surface area contributed by atoms with Crippen molar-refractivity contribution in [3.63, 3.8) is 0 Å². The molecular weight excluding hydrogens is 705 g/mol. The number of esters is 1. The summed E-state index contributed by atoms with van der Waals surface area (Å²) in [4.78, 5) is 36.4. The topological polar surface area (TPSA) is 145 Å². The Labute approximate surface area is 339 Å². The second kappa shape index (κ2) is 23.4. The molecule has 5 aliphatic heterocycles. The molecule has 0 radical (unpaired) electrons. The summed E-state index contributed by atoms with van der Waals surface area (Å²) >= 11 is 0. The zero-order valence-electron chi connectivity index (χ0n) is 35.5. The third-order valence-corrected chi connectivity index (χ3v) is 13.1. The summed E-state index contributed by atoms with van der Waals surface area (Å²) in [5.74, 6) is 0.634. The van der Waals surface area contributed by atoms with Crippen molar-refractivity contribution >= 4 is 17.8 Å². The van der Waals surface area contributed by atoms with E-state index < -0.39 is 17.4 Å². The Morgan fingerprint density at radius 2 is 1.54 bits per heavy atom. The smallest absolute Gasteiger partial charge is 0.316 e. The number of aliphatic imine (C=N–C) groups is 1. The minimum atomic E-state index is -0.872. The number of nitrogens with two attached hydrogens (primary N) is 2. The van der Waals surface area contributed by atoms with Gasteiger partial charge in [-0.05, 0) is 103 Å². The molecule has 0 aromatic rings. The van der Waals surface area contributed by atoms with Gasteiger partial charge in [-0.3, -0.25) is 9.59 Å². The largest absolute Gasteiger partial charge is 0.465 e. The predicted octanol–water partition coefficient (Wildman–Crippen LogP) is 7.85. The molecule has 0 aromatic carbocycles. The average molecular weight is 785 g/mol. The summed E-state index contributed by atoms with van der Waals surface area (Å²) in [5, 5.41) is 3.77. The van der Waals surface area contributed by atoms with Crippen LogP contribution in [0.3, 0.4) is 0 Å². The van der Waals surface area contributed by atoms with Crippen LogP contribution >= 0.6 is 0 Å². The summed E-state index contributed by atoms with van der Waals surface area (Å²) in [6.07, 6.45) is 32.3. The van der Waals surface area contributed by atoms with E-state index in [1.807, 2.05) is 4.90 Å².